The summed E-state index contributed by atoms with van der Waals surface area (Å²) in [5, 5.41) is 8.03. The van der Waals surface area contributed by atoms with Gasteiger partial charge in [-0.2, -0.15) is 5.10 Å². The largest absolute Gasteiger partial charge is 0.331 e. The Morgan fingerprint density at radius 3 is 2.43 bits per heavy atom. The molecule has 0 aliphatic rings. The van der Waals surface area contributed by atoms with E-state index in [2.05, 4.69) is 15.8 Å². The maximum atomic E-state index is 5.80. The van der Waals surface area contributed by atoms with Crippen LogP contribution in [-0.4, -0.2) is 16.7 Å². The zero-order chi connectivity index (χ0) is 16.5. The summed E-state index contributed by atoms with van der Waals surface area (Å²) in [7, 11) is 0. The molecule has 0 saturated carbocycles. The molecule has 0 bridgehead atoms. The zero-order valence-corrected chi connectivity index (χ0v) is 14.6. The highest BCUT2D eigenvalue weighted by molar-refractivity contribution is 7.80. The van der Waals surface area contributed by atoms with Crippen LogP contribution >= 0.6 is 23.8 Å². The number of alkyl halides is 1. The maximum Gasteiger partial charge on any atom is 0.191 e. The third-order valence-corrected chi connectivity index (χ3v) is 3.72. The minimum atomic E-state index is 0.466. The van der Waals surface area contributed by atoms with Gasteiger partial charge in [-0.1, -0.05) is 48.0 Å². The van der Waals surface area contributed by atoms with Crippen LogP contribution in [0.1, 0.15) is 24.0 Å². The van der Waals surface area contributed by atoms with Gasteiger partial charge in [-0.3, -0.25) is 5.43 Å². The summed E-state index contributed by atoms with van der Waals surface area (Å²) >= 11 is 11.1. The lowest BCUT2D eigenvalue weighted by Gasteiger charge is -2.10. The summed E-state index contributed by atoms with van der Waals surface area (Å²) in [6.07, 6.45) is 1.67. The summed E-state index contributed by atoms with van der Waals surface area (Å²) in [6, 6.07) is 18.1. The van der Waals surface area contributed by atoms with E-state index in [0.29, 0.717) is 11.0 Å². The molecule has 0 aliphatic heterocycles. The van der Waals surface area contributed by atoms with Crippen LogP contribution in [0.5, 0.6) is 0 Å². The lowest BCUT2D eigenvalue weighted by Crippen LogP contribution is -2.25. The molecule has 2 rings (SSSR count). The van der Waals surface area contributed by atoms with Gasteiger partial charge in [-0.25, -0.2) is 0 Å². The van der Waals surface area contributed by atoms with Gasteiger partial charge in [0.1, 0.15) is 0 Å². The van der Waals surface area contributed by atoms with Crippen LogP contribution in [0.25, 0.3) is 0 Å². The Balaban J connectivity index is 2.01. The monoisotopic (exact) mass is 345 g/mol. The van der Waals surface area contributed by atoms with Crippen LogP contribution < -0.4 is 10.7 Å². The molecule has 0 saturated heterocycles. The fourth-order valence-corrected chi connectivity index (χ4v) is 2.34. The molecule has 0 aliphatic carbocycles. The van der Waals surface area contributed by atoms with Crippen molar-refractivity contribution in [3.05, 3.63) is 65.7 Å². The quantitative estimate of drug-likeness (QED) is 0.344. The number of aryl methyl sites for hydroxylation is 1. The summed E-state index contributed by atoms with van der Waals surface area (Å²) in [6.45, 7) is 2.05. The molecule has 0 fully saturated rings. The standard InChI is InChI=1S/C18H20ClN3S/c1-14-9-11-16(12-10-14)20-18(23)22-21-17(8-5-13-19)15-6-3-2-4-7-15/h2-4,6-7,9-12H,5,8,13H2,1H3,(H2,20,22,23). The van der Waals surface area contributed by atoms with E-state index >= 15 is 0 Å². The number of thiocarbonyl (C=S) groups is 1. The number of hydrogen-bond acceptors (Lipinski definition) is 2. The first-order chi connectivity index (χ1) is 11.2. The maximum absolute atomic E-state index is 5.80. The lowest BCUT2D eigenvalue weighted by molar-refractivity contribution is 0.959. The fourth-order valence-electron chi connectivity index (χ4n) is 2.04. The second kappa shape index (κ2) is 9.28. The van der Waals surface area contributed by atoms with Crippen molar-refractivity contribution >= 4 is 40.3 Å². The molecule has 0 radical (unpaired) electrons. The molecule has 2 aromatic carbocycles. The van der Waals surface area contributed by atoms with Crippen LogP contribution in [-0.2, 0) is 0 Å². The van der Waals surface area contributed by atoms with E-state index in [4.69, 9.17) is 23.8 Å². The number of halogens is 1. The third kappa shape index (κ3) is 6.00. The summed E-state index contributed by atoms with van der Waals surface area (Å²) in [4.78, 5) is 0. The van der Waals surface area contributed by atoms with Gasteiger partial charge in [0.15, 0.2) is 5.11 Å². The van der Waals surface area contributed by atoms with E-state index in [-0.39, 0.29) is 0 Å². The molecular weight excluding hydrogens is 326 g/mol. The highest BCUT2D eigenvalue weighted by atomic mass is 35.5. The van der Waals surface area contributed by atoms with Gasteiger partial charge >= 0.3 is 0 Å². The second-order valence-electron chi connectivity index (χ2n) is 5.15. The van der Waals surface area contributed by atoms with Crippen molar-refractivity contribution in [2.45, 2.75) is 19.8 Å². The van der Waals surface area contributed by atoms with Gasteiger partial charge < -0.3 is 5.32 Å². The molecular formula is C18H20ClN3S. The molecule has 0 heterocycles. The number of rotatable bonds is 6. The van der Waals surface area contributed by atoms with Gasteiger partial charge in [0.05, 0.1) is 5.71 Å². The average Bonchev–Trinajstić information content (AvgIpc) is 2.58. The van der Waals surface area contributed by atoms with Crippen molar-refractivity contribution in [3.63, 3.8) is 0 Å². The van der Waals surface area contributed by atoms with Gasteiger partial charge in [0.2, 0.25) is 0 Å². The number of nitrogens with one attached hydrogen (secondary N) is 2. The van der Waals surface area contributed by atoms with Crippen molar-refractivity contribution < 1.29 is 0 Å². The number of benzene rings is 2. The number of anilines is 1. The van der Waals surface area contributed by atoms with Crippen LogP contribution in [0.4, 0.5) is 5.69 Å². The molecule has 120 valence electrons. The smallest absolute Gasteiger partial charge is 0.191 e. The zero-order valence-electron chi connectivity index (χ0n) is 13.1. The van der Waals surface area contributed by atoms with Crippen LogP contribution in [0, 0.1) is 6.92 Å². The normalized spacial score (nSPS) is 11.1. The van der Waals surface area contributed by atoms with Crippen molar-refractivity contribution in [1.29, 1.82) is 0 Å². The van der Waals surface area contributed by atoms with Crippen LogP contribution in [0.3, 0.4) is 0 Å². The van der Waals surface area contributed by atoms with Crippen LogP contribution in [0.2, 0.25) is 0 Å². The average molecular weight is 346 g/mol. The third-order valence-electron chi connectivity index (χ3n) is 3.26. The molecule has 5 heteroatoms. The summed E-state index contributed by atoms with van der Waals surface area (Å²) in [5.74, 6) is 0.609. The van der Waals surface area contributed by atoms with E-state index in [1.165, 1.54) is 5.56 Å². The minimum absolute atomic E-state index is 0.466. The molecule has 0 atom stereocenters. The van der Waals surface area contributed by atoms with Gasteiger partial charge in [0, 0.05) is 11.6 Å². The van der Waals surface area contributed by atoms with Crippen molar-refractivity contribution in [2.24, 2.45) is 5.10 Å². The molecule has 0 spiro atoms. The number of hydrogen-bond donors (Lipinski definition) is 2. The molecule has 3 nitrogen and oxygen atoms in total. The van der Waals surface area contributed by atoms with E-state index in [1.807, 2.05) is 61.5 Å². The fraction of sp³-hybridized carbons (Fsp3) is 0.222. The Labute approximate surface area is 147 Å². The first-order valence-electron chi connectivity index (χ1n) is 7.50. The molecule has 0 unspecified atom stereocenters. The molecule has 2 N–H and O–H groups in total. The molecule has 23 heavy (non-hydrogen) atoms. The number of nitrogens with zero attached hydrogens (tertiary/aromatic N) is 1. The SMILES string of the molecule is Cc1ccc(NC(=S)NN=C(CCCCl)c2ccccc2)cc1. The predicted octanol–water partition coefficient (Wildman–Crippen LogP) is 4.70. The molecule has 0 aromatic heterocycles. The Kier molecular flexibility index (Phi) is 7.04. The van der Waals surface area contributed by atoms with Crippen LogP contribution in [0.15, 0.2) is 59.7 Å². The number of hydrazone groups is 1. The van der Waals surface area contributed by atoms with E-state index in [9.17, 15) is 0 Å². The highest BCUT2D eigenvalue weighted by Gasteiger charge is 2.04. The minimum Gasteiger partial charge on any atom is -0.331 e. The van der Waals surface area contributed by atoms with Crippen molar-refractivity contribution in [1.82, 2.24) is 5.43 Å². The second-order valence-corrected chi connectivity index (χ2v) is 5.94. The Bertz CT molecular complexity index is 654. The predicted molar refractivity (Wildman–Crippen MR) is 103 cm³/mol. The topological polar surface area (TPSA) is 36.4 Å². The Hall–Kier alpha value is -1.91. The Morgan fingerprint density at radius 1 is 1.09 bits per heavy atom. The van der Waals surface area contributed by atoms with Gasteiger partial charge in [-0.15, -0.1) is 11.6 Å². The summed E-state index contributed by atoms with van der Waals surface area (Å²) < 4.78 is 0. The van der Waals surface area contributed by atoms with Gasteiger partial charge in [0.25, 0.3) is 0 Å². The van der Waals surface area contributed by atoms with E-state index in [1.54, 1.807) is 0 Å². The van der Waals surface area contributed by atoms with Crippen molar-refractivity contribution in [2.75, 3.05) is 11.2 Å². The molecule has 2 aromatic rings. The first kappa shape index (κ1) is 17.4. The lowest BCUT2D eigenvalue weighted by atomic mass is 10.1. The molecule has 0 amide bonds. The summed E-state index contributed by atoms with van der Waals surface area (Å²) in [5.41, 5.74) is 7.08. The van der Waals surface area contributed by atoms with Crippen molar-refractivity contribution in [3.8, 4) is 0 Å². The van der Waals surface area contributed by atoms with E-state index < -0.39 is 0 Å². The highest BCUT2D eigenvalue weighted by Crippen LogP contribution is 2.09. The Morgan fingerprint density at radius 2 is 1.78 bits per heavy atom. The first-order valence-corrected chi connectivity index (χ1v) is 8.45. The van der Waals surface area contributed by atoms with E-state index in [0.717, 1.165) is 29.8 Å². The van der Waals surface area contributed by atoms with Gasteiger partial charge in [-0.05, 0) is 49.7 Å².